The first-order valence-electron chi connectivity index (χ1n) is 8.01. The molecule has 4 aromatic heterocycles. The summed E-state index contributed by atoms with van der Waals surface area (Å²) in [4.78, 5) is 18.4. The second kappa shape index (κ2) is 6.74. The molecule has 0 saturated heterocycles. The van der Waals surface area contributed by atoms with Gasteiger partial charge in [-0.15, -0.1) is 11.3 Å². The molecule has 0 aliphatic rings. The topological polar surface area (TPSA) is 70.0 Å². The number of thiazole rings is 1. The molecule has 0 aliphatic heterocycles. The van der Waals surface area contributed by atoms with Crippen molar-refractivity contribution in [3.05, 3.63) is 68.1 Å². The Hall–Kier alpha value is -2.66. The van der Waals surface area contributed by atoms with E-state index in [9.17, 15) is 18.0 Å². The Morgan fingerprint density at radius 2 is 2.04 bits per heavy atom. The van der Waals surface area contributed by atoms with Crippen LogP contribution in [0.3, 0.4) is 0 Å². The highest BCUT2D eigenvalue weighted by Gasteiger charge is 2.34. The van der Waals surface area contributed by atoms with Crippen molar-refractivity contribution in [1.29, 1.82) is 0 Å². The second-order valence-corrected chi connectivity index (χ2v) is 7.59. The van der Waals surface area contributed by atoms with Crippen LogP contribution in [0.1, 0.15) is 22.0 Å². The third kappa shape index (κ3) is 3.42. The molecule has 0 bridgehead atoms. The van der Waals surface area contributed by atoms with Crippen LogP contribution >= 0.6 is 22.9 Å². The van der Waals surface area contributed by atoms with E-state index in [0.29, 0.717) is 11.5 Å². The molecule has 7 nitrogen and oxygen atoms in total. The molecular formula is C16H12ClF3N6OS. The van der Waals surface area contributed by atoms with Crippen molar-refractivity contribution in [2.24, 2.45) is 0 Å². The van der Waals surface area contributed by atoms with Gasteiger partial charge in [0.05, 0.1) is 24.5 Å². The van der Waals surface area contributed by atoms with Crippen molar-refractivity contribution < 1.29 is 13.2 Å². The van der Waals surface area contributed by atoms with E-state index in [0.717, 1.165) is 21.3 Å². The quantitative estimate of drug-likeness (QED) is 0.500. The summed E-state index contributed by atoms with van der Waals surface area (Å²) < 4.78 is 42.5. The van der Waals surface area contributed by atoms with Gasteiger partial charge in [-0.1, -0.05) is 11.6 Å². The molecule has 4 aromatic rings. The van der Waals surface area contributed by atoms with Crippen LogP contribution in [-0.4, -0.2) is 28.9 Å². The van der Waals surface area contributed by atoms with Crippen LogP contribution in [-0.2, 0) is 19.3 Å². The van der Waals surface area contributed by atoms with Crippen LogP contribution < -0.4 is 5.56 Å². The van der Waals surface area contributed by atoms with Gasteiger partial charge in [-0.2, -0.15) is 23.4 Å². The summed E-state index contributed by atoms with van der Waals surface area (Å²) in [5.41, 5.74) is -0.394. The smallest absolute Gasteiger partial charge is 0.269 e. The lowest BCUT2D eigenvalue weighted by atomic mass is 10.3. The van der Waals surface area contributed by atoms with Gasteiger partial charge in [0.25, 0.3) is 5.56 Å². The number of nitrogens with zero attached hydrogens (tertiary/aromatic N) is 6. The van der Waals surface area contributed by atoms with E-state index in [-0.39, 0.29) is 23.0 Å². The van der Waals surface area contributed by atoms with E-state index in [4.69, 9.17) is 11.6 Å². The standard InChI is InChI=1S/C16H12ClF3N6OS/c1-9-11(8-24-4-2-3-21-24)26-14(27)5-10(22-15(26)28-9)7-25-13(17)6-12(23-25)16(18,19)20/h2-6H,7-8H2,1H3. The molecular weight excluding hydrogens is 417 g/mol. The molecule has 0 radical (unpaired) electrons. The van der Waals surface area contributed by atoms with E-state index in [2.05, 4.69) is 15.2 Å². The second-order valence-electron chi connectivity index (χ2n) is 6.02. The van der Waals surface area contributed by atoms with Gasteiger partial charge in [0.15, 0.2) is 10.7 Å². The molecule has 0 aromatic carbocycles. The third-order valence-corrected chi connectivity index (χ3v) is 5.37. The van der Waals surface area contributed by atoms with E-state index < -0.39 is 11.9 Å². The maximum atomic E-state index is 12.8. The first-order valence-corrected chi connectivity index (χ1v) is 9.21. The van der Waals surface area contributed by atoms with Crippen molar-refractivity contribution >= 4 is 27.9 Å². The van der Waals surface area contributed by atoms with Crippen molar-refractivity contribution in [3.63, 3.8) is 0 Å². The van der Waals surface area contributed by atoms with Crippen LogP contribution in [0.5, 0.6) is 0 Å². The Bertz CT molecular complexity index is 1210. The molecule has 0 aliphatic carbocycles. The summed E-state index contributed by atoms with van der Waals surface area (Å²) in [5.74, 6) is 0. The van der Waals surface area contributed by atoms with E-state index >= 15 is 0 Å². The number of hydrogen-bond donors (Lipinski definition) is 0. The minimum atomic E-state index is -4.60. The maximum absolute atomic E-state index is 12.8. The van der Waals surface area contributed by atoms with Crippen LogP contribution in [0.15, 0.2) is 35.4 Å². The summed E-state index contributed by atoms with van der Waals surface area (Å²) in [6.07, 6.45) is -1.17. The summed E-state index contributed by atoms with van der Waals surface area (Å²) in [6, 6.07) is 3.80. The molecule has 0 unspecified atom stereocenters. The normalized spacial score (nSPS) is 12.2. The molecule has 0 atom stereocenters. The van der Waals surface area contributed by atoms with Gasteiger partial charge in [-0.3, -0.25) is 13.9 Å². The number of aromatic nitrogens is 6. The van der Waals surface area contributed by atoms with Crippen molar-refractivity contribution in [2.45, 2.75) is 26.2 Å². The summed E-state index contributed by atoms with van der Waals surface area (Å²) >= 11 is 7.17. The number of halogens is 4. The monoisotopic (exact) mass is 428 g/mol. The number of aryl methyl sites for hydroxylation is 1. The Balaban J connectivity index is 1.71. The Morgan fingerprint density at radius 3 is 2.68 bits per heavy atom. The fourth-order valence-electron chi connectivity index (χ4n) is 2.78. The largest absolute Gasteiger partial charge is 0.435 e. The van der Waals surface area contributed by atoms with Crippen LogP contribution in [0.25, 0.3) is 4.96 Å². The van der Waals surface area contributed by atoms with Gasteiger partial charge in [0.1, 0.15) is 5.15 Å². The van der Waals surface area contributed by atoms with Gasteiger partial charge in [-0.05, 0) is 13.0 Å². The lowest BCUT2D eigenvalue weighted by Gasteiger charge is -2.06. The van der Waals surface area contributed by atoms with Crippen LogP contribution in [0.2, 0.25) is 5.15 Å². The minimum absolute atomic E-state index is 0.147. The first kappa shape index (κ1) is 18.7. The maximum Gasteiger partial charge on any atom is 0.435 e. The Morgan fingerprint density at radius 1 is 1.25 bits per heavy atom. The average Bonchev–Trinajstić information content (AvgIpc) is 3.29. The molecule has 0 amide bonds. The zero-order valence-electron chi connectivity index (χ0n) is 14.3. The van der Waals surface area contributed by atoms with Gasteiger partial charge in [-0.25, -0.2) is 9.67 Å². The minimum Gasteiger partial charge on any atom is -0.269 e. The first-order chi connectivity index (χ1) is 13.2. The van der Waals surface area contributed by atoms with Crippen molar-refractivity contribution in [1.82, 2.24) is 28.9 Å². The highest BCUT2D eigenvalue weighted by Crippen LogP contribution is 2.30. The fourth-order valence-corrected chi connectivity index (χ4v) is 3.99. The lowest BCUT2D eigenvalue weighted by molar-refractivity contribution is -0.141. The number of rotatable bonds is 4. The van der Waals surface area contributed by atoms with E-state index in [1.807, 2.05) is 6.92 Å². The Kier molecular flexibility index (Phi) is 4.50. The van der Waals surface area contributed by atoms with Crippen molar-refractivity contribution in [2.75, 3.05) is 0 Å². The molecule has 4 rings (SSSR count). The third-order valence-electron chi connectivity index (χ3n) is 4.07. The van der Waals surface area contributed by atoms with E-state index in [1.165, 1.54) is 21.8 Å². The zero-order chi connectivity index (χ0) is 20.1. The van der Waals surface area contributed by atoms with Gasteiger partial charge >= 0.3 is 6.18 Å². The van der Waals surface area contributed by atoms with Crippen molar-refractivity contribution in [3.8, 4) is 0 Å². The fraction of sp³-hybridized carbons (Fsp3) is 0.250. The number of fused-ring (bicyclic) bond motifs is 1. The van der Waals surface area contributed by atoms with Crippen LogP contribution in [0.4, 0.5) is 13.2 Å². The molecule has 0 spiro atoms. The number of hydrogen-bond acceptors (Lipinski definition) is 5. The molecule has 146 valence electrons. The van der Waals surface area contributed by atoms with E-state index in [1.54, 1.807) is 23.1 Å². The SMILES string of the molecule is Cc1sc2nc(Cn3nc(C(F)(F)F)cc3Cl)cc(=O)n2c1Cn1cccn1. The zero-order valence-corrected chi connectivity index (χ0v) is 15.9. The summed E-state index contributed by atoms with van der Waals surface area (Å²) in [6.45, 7) is 2.13. The molecule has 0 saturated carbocycles. The lowest BCUT2D eigenvalue weighted by Crippen LogP contribution is -2.19. The average molecular weight is 429 g/mol. The van der Waals surface area contributed by atoms with Gasteiger partial charge in [0, 0.05) is 29.4 Å². The highest BCUT2D eigenvalue weighted by molar-refractivity contribution is 7.17. The summed E-state index contributed by atoms with van der Waals surface area (Å²) in [7, 11) is 0. The molecule has 28 heavy (non-hydrogen) atoms. The predicted octanol–water partition coefficient (Wildman–Crippen LogP) is 3.23. The van der Waals surface area contributed by atoms with Crippen LogP contribution in [0, 0.1) is 6.92 Å². The predicted molar refractivity (Wildman–Crippen MR) is 96.7 cm³/mol. The summed E-state index contributed by atoms with van der Waals surface area (Å²) in [5, 5.41) is 7.42. The van der Waals surface area contributed by atoms with Gasteiger partial charge < -0.3 is 0 Å². The molecule has 4 heterocycles. The number of alkyl halides is 3. The van der Waals surface area contributed by atoms with Gasteiger partial charge in [0.2, 0.25) is 0 Å². The molecule has 0 fully saturated rings. The Labute approximate surface area is 164 Å². The highest BCUT2D eigenvalue weighted by atomic mass is 35.5. The molecule has 12 heteroatoms. The molecule has 0 N–H and O–H groups in total.